The lowest BCUT2D eigenvalue weighted by Gasteiger charge is -2.39. The van der Waals surface area contributed by atoms with Crippen molar-refractivity contribution >= 4 is 23.7 Å². The molecular formula is C22H28O9. The van der Waals surface area contributed by atoms with Crippen LogP contribution >= 0.6 is 0 Å². The van der Waals surface area contributed by atoms with Crippen LogP contribution in [0.3, 0.4) is 0 Å². The summed E-state index contributed by atoms with van der Waals surface area (Å²) in [6, 6.07) is 0. The average molecular weight is 436 g/mol. The number of hydrogen-bond acceptors (Lipinski definition) is 9. The van der Waals surface area contributed by atoms with E-state index in [-0.39, 0.29) is 23.5 Å². The summed E-state index contributed by atoms with van der Waals surface area (Å²) in [5.74, 6) is -4.50. The van der Waals surface area contributed by atoms with Crippen LogP contribution in [0.1, 0.15) is 34.1 Å². The van der Waals surface area contributed by atoms with Gasteiger partial charge in [-0.1, -0.05) is 25.7 Å². The fourth-order valence-electron chi connectivity index (χ4n) is 3.73. The topological polar surface area (TPSA) is 136 Å². The molecule has 0 aromatic rings. The third kappa shape index (κ3) is 5.11. The fraction of sp³-hybridized carbons (Fsp3) is 0.545. The second-order valence-corrected chi connectivity index (χ2v) is 7.95. The van der Waals surface area contributed by atoms with E-state index in [2.05, 4.69) is 6.58 Å². The first-order valence-corrected chi connectivity index (χ1v) is 9.93. The van der Waals surface area contributed by atoms with Crippen LogP contribution in [0, 0.1) is 11.8 Å². The van der Waals surface area contributed by atoms with E-state index >= 15 is 0 Å². The van der Waals surface area contributed by atoms with Gasteiger partial charge in [-0.2, -0.15) is 0 Å². The Hall–Kier alpha value is -2.78. The van der Waals surface area contributed by atoms with E-state index in [0.717, 1.165) is 19.9 Å². The molecule has 2 rings (SSSR count). The molecule has 1 aliphatic heterocycles. The number of hydrogen-bond donors (Lipinski definition) is 2. The lowest BCUT2D eigenvalue weighted by Crippen LogP contribution is -2.58. The van der Waals surface area contributed by atoms with Gasteiger partial charge in [0.1, 0.15) is 6.10 Å². The number of ether oxygens (including phenoxy) is 3. The van der Waals surface area contributed by atoms with Crippen LogP contribution < -0.4 is 0 Å². The Morgan fingerprint density at radius 3 is 2.55 bits per heavy atom. The summed E-state index contributed by atoms with van der Waals surface area (Å²) in [6.45, 7) is 8.63. The molecule has 0 radical (unpaired) electrons. The summed E-state index contributed by atoms with van der Waals surface area (Å²) in [6.07, 6.45) is 0.372. The molecule has 0 unspecified atom stereocenters. The third-order valence-corrected chi connectivity index (χ3v) is 5.53. The molecule has 1 fully saturated rings. The van der Waals surface area contributed by atoms with Gasteiger partial charge in [0.25, 0.3) is 0 Å². The van der Waals surface area contributed by atoms with Crippen molar-refractivity contribution in [2.24, 2.45) is 11.8 Å². The fourth-order valence-corrected chi connectivity index (χ4v) is 3.73. The van der Waals surface area contributed by atoms with Crippen molar-refractivity contribution < 1.29 is 43.6 Å². The van der Waals surface area contributed by atoms with Crippen LogP contribution in [-0.2, 0) is 33.4 Å². The molecule has 2 N–H and O–H groups in total. The van der Waals surface area contributed by atoms with Crippen molar-refractivity contribution in [2.75, 3.05) is 6.61 Å². The molecule has 0 aromatic heterocycles. The predicted octanol–water partition coefficient (Wildman–Crippen LogP) is 0.782. The summed E-state index contributed by atoms with van der Waals surface area (Å²) < 4.78 is 16.3. The van der Waals surface area contributed by atoms with Gasteiger partial charge in [0.05, 0.1) is 18.1 Å². The van der Waals surface area contributed by atoms with E-state index in [4.69, 9.17) is 14.2 Å². The third-order valence-electron chi connectivity index (χ3n) is 5.53. The van der Waals surface area contributed by atoms with E-state index in [9.17, 15) is 29.4 Å². The normalized spacial score (nSPS) is 35.1. The molecule has 0 aromatic carbocycles. The predicted molar refractivity (Wildman–Crippen MR) is 107 cm³/mol. The van der Waals surface area contributed by atoms with Gasteiger partial charge in [0, 0.05) is 12.5 Å². The quantitative estimate of drug-likeness (QED) is 0.372. The Morgan fingerprint density at radius 2 is 2.00 bits per heavy atom. The maximum absolute atomic E-state index is 12.8. The molecule has 170 valence electrons. The van der Waals surface area contributed by atoms with Crippen LogP contribution in [0.15, 0.2) is 36.0 Å². The first-order chi connectivity index (χ1) is 14.4. The number of rotatable bonds is 4. The second kappa shape index (κ2) is 9.57. The monoisotopic (exact) mass is 436 g/mol. The lowest BCUT2D eigenvalue weighted by atomic mass is 9.77. The largest absolute Gasteiger partial charge is 0.458 e. The summed E-state index contributed by atoms with van der Waals surface area (Å²) in [5, 5.41) is 20.5. The van der Waals surface area contributed by atoms with Crippen LogP contribution in [0.4, 0.5) is 0 Å². The molecule has 9 heteroatoms. The minimum Gasteiger partial charge on any atom is -0.458 e. The van der Waals surface area contributed by atoms with Crippen molar-refractivity contribution in [2.45, 2.75) is 58.0 Å². The number of ketones is 1. The molecule has 1 aliphatic carbocycles. The first kappa shape index (κ1) is 24.5. The average Bonchev–Trinajstić information content (AvgIpc) is 2.95. The molecule has 2 aliphatic rings. The Kier molecular flexibility index (Phi) is 7.56. The molecule has 0 spiro atoms. The molecular weight excluding hydrogens is 408 g/mol. The van der Waals surface area contributed by atoms with E-state index in [1.54, 1.807) is 13.0 Å². The highest BCUT2D eigenvalue weighted by atomic mass is 16.6. The molecule has 0 amide bonds. The number of allylic oxidation sites excluding steroid dienone is 2. The van der Waals surface area contributed by atoms with Gasteiger partial charge in [-0.25, -0.2) is 9.59 Å². The van der Waals surface area contributed by atoms with E-state index in [1.807, 2.05) is 0 Å². The number of carbonyl (C=O) groups is 4. The number of esters is 3. The van der Waals surface area contributed by atoms with Gasteiger partial charge in [-0.3, -0.25) is 9.59 Å². The minimum atomic E-state index is -2.30. The molecule has 0 saturated carbocycles. The van der Waals surface area contributed by atoms with Gasteiger partial charge in [-0.05, 0) is 32.3 Å². The summed E-state index contributed by atoms with van der Waals surface area (Å²) in [5.41, 5.74) is -2.42. The molecule has 1 heterocycles. The molecule has 1 saturated heterocycles. The Labute approximate surface area is 180 Å². The summed E-state index contributed by atoms with van der Waals surface area (Å²) >= 11 is 0. The van der Waals surface area contributed by atoms with Crippen molar-refractivity contribution in [3.63, 3.8) is 0 Å². The highest BCUT2D eigenvalue weighted by molar-refractivity contribution is 5.98. The van der Waals surface area contributed by atoms with Crippen LogP contribution in [0.2, 0.25) is 0 Å². The Balaban J connectivity index is 2.68. The standard InChI is InChI=1S/C22H28O9/c1-6-14(10-23)21(27)31-18-17-12(3)20(26)30-15(17)9-11(2)7-8-16(25)22(5,28)19(18)29-13(4)24/h6-8,11,15,17-19,23,28H,3,9-10H2,1-2,4-5H3/b8-7-,14-6+/t11-,15+,17-,18-,19+,22-/m0/s1. The van der Waals surface area contributed by atoms with E-state index < -0.39 is 60.1 Å². The summed E-state index contributed by atoms with van der Waals surface area (Å²) in [4.78, 5) is 49.6. The maximum Gasteiger partial charge on any atom is 0.336 e. The number of aliphatic hydroxyl groups is 2. The maximum atomic E-state index is 12.8. The lowest BCUT2D eigenvalue weighted by molar-refractivity contribution is -0.194. The second-order valence-electron chi connectivity index (χ2n) is 7.95. The van der Waals surface area contributed by atoms with Crippen molar-refractivity contribution in [1.29, 1.82) is 0 Å². The molecule has 31 heavy (non-hydrogen) atoms. The zero-order valence-electron chi connectivity index (χ0n) is 18.0. The van der Waals surface area contributed by atoms with Crippen LogP contribution in [0.25, 0.3) is 0 Å². The van der Waals surface area contributed by atoms with Crippen molar-refractivity contribution in [3.8, 4) is 0 Å². The zero-order valence-corrected chi connectivity index (χ0v) is 18.0. The van der Waals surface area contributed by atoms with Gasteiger partial charge in [0.15, 0.2) is 23.6 Å². The van der Waals surface area contributed by atoms with E-state index in [0.29, 0.717) is 0 Å². The Morgan fingerprint density at radius 1 is 1.35 bits per heavy atom. The zero-order chi connectivity index (χ0) is 23.5. The van der Waals surface area contributed by atoms with Crippen LogP contribution in [-0.4, -0.2) is 64.4 Å². The molecule has 0 bridgehead atoms. The van der Waals surface area contributed by atoms with E-state index in [1.165, 1.54) is 13.0 Å². The van der Waals surface area contributed by atoms with Gasteiger partial charge >= 0.3 is 17.9 Å². The van der Waals surface area contributed by atoms with Crippen molar-refractivity contribution in [1.82, 2.24) is 0 Å². The highest BCUT2D eigenvalue weighted by Crippen LogP contribution is 2.40. The first-order valence-electron chi connectivity index (χ1n) is 9.93. The molecule has 9 nitrogen and oxygen atoms in total. The number of carbonyl (C=O) groups excluding carboxylic acids is 4. The van der Waals surface area contributed by atoms with Gasteiger partial charge in [-0.15, -0.1) is 0 Å². The van der Waals surface area contributed by atoms with Gasteiger partial charge in [0.2, 0.25) is 0 Å². The Bertz CT molecular complexity index is 836. The van der Waals surface area contributed by atoms with Gasteiger partial charge < -0.3 is 24.4 Å². The minimum absolute atomic E-state index is 0.0361. The van der Waals surface area contributed by atoms with Crippen molar-refractivity contribution in [3.05, 3.63) is 36.0 Å². The number of fused-ring (bicyclic) bond motifs is 1. The highest BCUT2D eigenvalue weighted by Gasteiger charge is 2.56. The van der Waals surface area contributed by atoms with Crippen LogP contribution in [0.5, 0.6) is 0 Å². The number of aliphatic hydroxyl groups excluding tert-OH is 1. The smallest absolute Gasteiger partial charge is 0.336 e. The SMILES string of the molecule is C=C1C(=O)O[C@@H]2C[C@@H](C)/C=C\C(=O)[C@](C)(O)[C@H](OC(C)=O)[C@@H](OC(=O)/C(=C/C)CO)[C@@H]12. The summed E-state index contributed by atoms with van der Waals surface area (Å²) in [7, 11) is 0. The molecule has 6 atom stereocenters.